The number of aliphatic imine (C=N–C) groups is 1. The number of nitrogens with zero attached hydrogens (tertiary/aromatic N) is 4. The number of ether oxygens (including phenoxy) is 1. The number of rotatable bonds is 7. The predicted octanol–water partition coefficient (Wildman–Crippen LogP) is 2.81. The highest BCUT2D eigenvalue weighted by Gasteiger charge is 2.30. The third kappa shape index (κ3) is 7.19. The van der Waals surface area contributed by atoms with Crippen LogP contribution in [-0.4, -0.2) is 91.1 Å². The summed E-state index contributed by atoms with van der Waals surface area (Å²) in [5.41, 5.74) is 0. The summed E-state index contributed by atoms with van der Waals surface area (Å²) in [4.78, 5) is 23.9. The lowest BCUT2D eigenvalue weighted by Crippen LogP contribution is -2.57. The third-order valence-electron chi connectivity index (χ3n) is 5.93. The first-order valence-corrected chi connectivity index (χ1v) is 11.5. The van der Waals surface area contributed by atoms with Crippen LogP contribution in [0.3, 0.4) is 0 Å². The van der Waals surface area contributed by atoms with E-state index in [4.69, 9.17) is 9.73 Å². The van der Waals surface area contributed by atoms with Gasteiger partial charge in [-0.25, -0.2) is 9.38 Å². The van der Waals surface area contributed by atoms with E-state index in [0.717, 1.165) is 64.6 Å². The number of para-hydroxylation sites is 1. The summed E-state index contributed by atoms with van der Waals surface area (Å²) in [6, 6.07) is 6.35. The van der Waals surface area contributed by atoms with Gasteiger partial charge in [0.1, 0.15) is 6.10 Å². The van der Waals surface area contributed by atoms with E-state index in [2.05, 4.69) is 15.1 Å². The Labute approximate surface area is 208 Å². The molecule has 7 nitrogen and oxygen atoms in total. The van der Waals surface area contributed by atoms with Gasteiger partial charge in [0.25, 0.3) is 0 Å². The molecule has 0 radical (unpaired) electrons. The van der Waals surface area contributed by atoms with Gasteiger partial charge in [-0.05, 0) is 45.7 Å². The molecule has 0 spiro atoms. The van der Waals surface area contributed by atoms with Gasteiger partial charge < -0.3 is 19.9 Å². The van der Waals surface area contributed by atoms with Crippen LogP contribution in [0, 0.1) is 5.82 Å². The number of likely N-dealkylation sites (tertiary alicyclic amines) is 1. The number of halogens is 2. The smallest absolute Gasteiger partial charge is 0.239 e. The maximum absolute atomic E-state index is 13.8. The summed E-state index contributed by atoms with van der Waals surface area (Å²) in [7, 11) is 0. The molecular formula is C23H37FIN5O2. The van der Waals surface area contributed by atoms with Gasteiger partial charge in [-0.2, -0.15) is 0 Å². The van der Waals surface area contributed by atoms with Gasteiger partial charge in [-0.1, -0.05) is 12.1 Å². The quantitative estimate of drug-likeness (QED) is 0.316. The molecule has 9 heteroatoms. The van der Waals surface area contributed by atoms with Gasteiger partial charge in [0.15, 0.2) is 17.5 Å². The summed E-state index contributed by atoms with van der Waals surface area (Å²) < 4.78 is 19.5. The topological polar surface area (TPSA) is 60.4 Å². The first kappa shape index (κ1) is 26.6. The van der Waals surface area contributed by atoms with Crippen LogP contribution in [0.1, 0.15) is 33.6 Å². The Hall–Kier alpha value is -1.62. The Bertz CT molecular complexity index is 752. The molecular weight excluding hydrogens is 524 g/mol. The van der Waals surface area contributed by atoms with Crippen LogP contribution in [0.5, 0.6) is 5.75 Å². The molecule has 2 atom stereocenters. The molecule has 0 aliphatic carbocycles. The molecule has 2 heterocycles. The molecule has 32 heavy (non-hydrogen) atoms. The molecule has 180 valence electrons. The van der Waals surface area contributed by atoms with E-state index >= 15 is 0 Å². The zero-order chi connectivity index (χ0) is 22.2. The fraction of sp³-hybridized carbons (Fsp3) is 0.652. The highest BCUT2D eigenvalue weighted by Crippen LogP contribution is 2.17. The standard InChI is InChI=1S/C23H36FN5O2.HI/c1-4-25-23(26-17-18(2)31-21-10-6-5-9-20(21)24)29-15-13-27(14-16-29)19(3)22(30)28-11-7-8-12-28;/h5-6,9-10,18-19H,4,7-8,11-17H2,1-3H3,(H,25,26);1H. The van der Waals surface area contributed by atoms with Gasteiger partial charge in [-0.15, -0.1) is 24.0 Å². The van der Waals surface area contributed by atoms with Crippen LogP contribution in [0.15, 0.2) is 29.3 Å². The zero-order valence-corrected chi connectivity index (χ0v) is 21.8. The van der Waals surface area contributed by atoms with Crippen LogP contribution >= 0.6 is 24.0 Å². The van der Waals surface area contributed by atoms with Crippen molar-refractivity contribution in [1.82, 2.24) is 20.0 Å². The maximum atomic E-state index is 13.8. The SMILES string of the molecule is CCNC(=NCC(C)Oc1ccccc1F)N1CCN(C(C)C(=O)N2CCCC2)CC1.I. The lowest BCUT2D eigenvalue weighted by Gasteiger charge is -2.39. The highest BCUT2D eigenvalue weighted by molar-refractivity contribution is 14.0. The molecule has 2 aliphatic rings. The average molecular weight is 561 g/mol. The van der Waals surface area contributed by atoms with Gasteiger partial charge in [-0.3, -0.25) is 9.69 Å². The third-order valence-corrected chi connectivity index (χ3v) is 5.93. The van der Waals surface area contributed by atoms with E-state index in [1.54, 1.807) is 18.2 Å². The Morgan fingerprint density at radius 3 is 2.38 bits per heavy atom. The first-order valence-electron chi connectivity index (χ1n) is 11.5. The van der Waals surface area contributed by atoms with Crippen molar-refractivity contribution >= 4 is 35.8 Å². The molecule has 2 saturated heterocycles. The largest absolute Gasteiger partial charge is 0.486 e. The van der Waals surface area contributed by atoms with E-state index in [9.17, 15) is 9.18 Å². The lowest BCUT2D eigenvalue weighted by molar-refractivity contribution is -0.135. The number of carbonyl (C=O) groups is 1. The molecule has 1 N–H and O–H groups in total. The minimum absolute atomic E-state index is 0. The number of amides is 1. The number of benzene rings is 1. The normalized spacial score (nSPS) is 19.3. The van der Waals surface area contributed by atoms with Crippen LogP contribution < -0.4 is 10.1 Å². The minimum Gasteiger partial charge on any atom is -0.486 e. The van der Waals surface area contributed by atoms with Crippen molar-refractivity contribution < 1.29 is 13.9 Å². The molecule has 1 aromatic rings. The zero-order valence-electron chi connectivity index (χ0n) is 19.4. The summed E-state index contributed by atoms with van der Waals surface area (Å²) >= 11 is 0. The minimum atomic E-state index is -0.362. The van der Waals surface area contributed by atoms with E-state index in [1.165, 1.54) is 6.07 Å². The van der Waals surface area contributed by atoms with Crippen LogP contribution in [-0.2, 0) is 4.79 Å². The van der Waals surface area contributed by atoms with Crippen molar-refractivity contribution in [2.45, 2.75) is 45.8 Å². The van der Waals surface area contributed by atoms with Crippen molar-refractivity contribution in [3.63, 3.8) is 0 Å². The molecule has 1 amide bonds. The van der Waals surface area contributed by atoms with Crippen molar-refractivity contribution in [1.29, 1.82) is 0 Å². The van der Waals surface area contributed by atoms with E-state index in [-0.39, 0.29) is 53.6 Å². The number of guanidine groups is 1. The lowest BCUT2D eigenvalue weighted by atomic mass is 10.2. The van der Waals surface area contributed by atoms with Crippen molar-refractivity contribution in [3.8, 4) is 5.75 Å². The highest BCUT2D eigenvalue weighted by atomic mass is 127. The number of nitrogens with one attached hydrogen (secondary N) is 1. The van der Waals surface area contributed by atoms with Crippen molar-refractivity contribution in [3.05, 3.63) is 30.1 Å². The van der Waals surface area contributed by atoms with Crippen molar-refractivity contribution in [2.24, 2.45) is 4.99 Å². The summed E-state index contributed by atoms with van der Waals surface area (Å²) in [5, 5.41) is 3.35. The fourth-order valence-electron chi connectivity index (χ4n) is 4.11. The maximum Gasteiger partial charge on any atom is 0.239 e. The van der Waals surface area contributed by atoms with Gasteiger partial charge in [0, 0.05) is 45.8 Å². The molecule has 0 bridgehead atoms. The van der Waals surface area contributed by atoms with E-state index < -0.39 is 0 Å². The molecule has 1 aromatic carbocycles. The fourth-order valence-corrected chi connectivity index (χ4v) is 4.11. The Balaban J connectivity index is 0.00000363. The number of carbonyl (C=O) groups excluding carboxylic acids is 1. The molecule has 0 aromatic heterocycles. The molecule has 2 unspecified atom stereocenters. The predicted molar refractivity (Wildman–Crippen MR) is 136 cm³/mol. The van der Waals surface area contributed by atoms with E-state index in [0.29, 0.717) is 6.54 Å². The molecule has 2 aliphatic heterocycles. The average Bonchev–Trinajstić information content (AvgIpc) is 3.32. The Morgan fingerprint density at radius 2 is 1.75 bits per heavy atom. The van der Waals surface area contributed by atoms with Gasteiger partial charge in [0.05, 0.1) is 12.6 Å². The summed E-state index contributed by atoms with van der Waals surface area (Å²) in [6.07, 6.45) is 1.99. The monoisotopic (exact) mass is 561 g/mol. The number of hydrogen-bond acceptors (Lipinski definition) is 4. The second kappa shape index (κ2) is 13.2. The van der Waals surface area contributed by atoms with Crippen LogP contribution in [0.2, 0.25) is 0 Å². The molecule has 3 rings (SSSR count). The van der Waals surface area contributed by atoms with Crippen molar-refractivity contribution in [2.75, 3.05) is 52.4 Å². The van der Waals surface area contributed by atoms with Crippen LogP contribution in [0.25, 0.3) is 0 Å². The molecule has 0 saturated carbocycles. The second-order valence-electron chi connectivity index (χ2n) is 8.28. The summed E-state index contributed by atoms with van der Waals surface area (Å²) in [5.74, 6) is 0.981. The van der Waals surface area contributed by atoms with E-state index in [1.807, 2.05) is 25.7 Å². The van der Waals surface area contributed by atoms with Gasteiger partial charge >= 0.3 is 0 Å². The number of piperazine rings is 1. The Morgan fingerprint density at radius 1 is 1.09 bits per heavy atom. The molecule has 2 fully saturated rings. The summed E-state index contributed by atoms with van der Waals surface area (Å²) in [6.45, 7) is 12.2. The van der Waals surface area contributed by atoms with Gasteiger partial charge in [0.2, 0.25) is 5.91 Å². The second-order valence-corrected chi connectivity index (χ2v) is 8.28. The first-order chi connectivity index (χ1) is 15.0. The Kier molecular flexibility index (Phi) is 11.0. The van der Waals surface area contributed by atoms with Crippen LogP contribution in [0.4, 0.5) is 4.39 Å². The number of hydrogen-bond donors (Lipinski definition) is 1.